The fraction of sp³-hybridized carbons (Fsp3) is 0.357. The third kappa shape index (κ3) is 3.05. The van der Waals surface area contributed by atoms with E-state index in [1.165, 1.54) is 4.57 Å². The molecule has 20 heavy (non-hydrogen) atoms. The van der Waals surface area contributed by atoms with Crippen molar-refractivity contribution in [2.45, 2.75) is 6.42 Å². The van der Waals surface area contributed by atoms with Crippen molar-refractivity contribution in [3.8, 4) is 0 Å². The van der Waals surface area contributed by atoms with Crippen LogP contribution in [0, 0.1) is 0 Å². The SMILES string of the molecule is Cn1c(=O)c(C(=O)CCP(C)(C)=O)nc2ccccc21. The Hall–Kier alpha value is -1.74. The van der Waals surface area contributed by atoms with Gasteiger partial charge in [0, 0.05) is 19.6 Å². The molecule has 0 aliphatic heterocycles. The van der Waals surface area contributed by atoms with Gasteiger partial charge >= 0.3 is 0 Å². The van der Waals surface area contributed by atoms with Crippen molar-refractivity contribution in [1.29, 1.82) is 0 Å². The molecule has 0 aliphatic carbocycles. The first-order chi connectivity index (χ1) is 9.29. The van der Waals surface area contributed by atoms with E-state index < -0.39 is 12.7 Å². The zero-order valence-electron chi connectivity index (χ0n) is 11.8. The second-order valence-electron chi connectivity index (χ2n) is 5.28. The highest BCUT2D eigenvalue weighted by atomic mass is 31.2. The van der Waals surface area contributed by atoms with E-state index in [9.17, 15) is 14.2 Å². The van der Waals surface area contributed by atoms with E-state index in [0.717, 1.165) is 0 Å². The summed E-state index contributed by atoms with van der Waals surface area (Å²) in [6, 6.07) is 7.16. The molecule has 0 fully saturated rings. The number of carbonyl (C=O) groups is 1. The Balaban J connectivity index is 2.45. The molecule has 5 nitrogen and oxygen atoms in total. The average molecular weight is 292 g/mol. The number of aromatic nitrogens is 2. The first-order valence-corrected chi connectivity index (χ1v) is 9.11. The van der Waals surface area contributed by atoms with Gasteiger partial charge in [-0.15, -0.1) is 0 Å². The van der Waals surface area contributed by atoms with Crippen molar-refractivity contribution in [3.63, 3.8) is 0 Å². The highest BCUT2D eigenvalue weighted by molar-refractivity contribution is 7.62. The first kappa shape index (κ1) is 14.7. The summed E-state index contributed by atoms with van der Waals surface area (Å²) in [4.78, 5) is 28.4. The lowest BCUT2D eigenvalue weighted by atomic mass is 10.2. The van der Waals surface area contributed by atoms with Crippen LogP contribution in [0.1, 0.15) is 16.9 Å². The summed E-state index contributed by atoms with van der Waals surface area (Å²) in [6.45, 7) is 3.26. The van der Waals surface area contributed by atoms with E-state index in [2.05, 4.69) is 4.98 Å². The maximum Gasteiger partial charge on any atom is 0.280 e. The predicted octanol–water partition coefficient (Wildman–Crippen LogP) is 2.13. The lowest BCUT2D eigenvalue weighted by Gasteiger charge is -2.08. The van der Waals surface area contributed by atoms with Gasteiger partial charge in [0.2, 0.25) is 0 Å². The predicted molar refractivity (Wildman–Crippen MR) is 80.3 cm³/mol. The third-order valence-corrected chi connectivity index (χ3v) is 4.42. The number of ketones is 1. The summed E-state index contributed by atoms with van der Waals surface area (Å²) in [5, 5.41) is 0. The maximum atomic E-state index is 12.2. The van der Waals surface area contributed by atoms with Crippen LogP contribution in [-0.4, -0.2) is 34.8 Å². The summed E-state index contributed by atoms with van der Waals surface area (Å²) in [6.07, 6.45) is 0.383. The molecule has 0 amide bonds. The van der Waals surface area contributed by atoms with Gasteiger partial charge in [-0.3, -0.25) is 9.59 Å². The van der Waals surface area contributed by atoms with Crippen LogP contribution in [0.2, 0.25) is 0 Å². The molecule has 0 spiro atoms. The largest absolute Gasteiger partial charge is 0.324 e. The molecule has 1 aromatic heterocycles. The normalized spacial score (nSPS) is 11.8. The Morgan fingerprint density at radius 3 is 2.60 bits per heavy atom. The lowest BCUT2D eigenvalue weighted by molar-refractivity contribution is 0.0982. The number of fused-ring (bicyclic) bond motifs is 1. The Labute approximate surface area is 117 Å². The molecular weight excluding hydrogens is 275 g/mol. The molecule has 2 rings (SSSR count). The van der Waals surface area contributed by atoms with Crippen LogP contribution in [0.5, 0.6) is 0 Å². The molecule has 2 aromatic rings. The highest BCUT2D eigenvalue weighted by Gasteiger charge is 2.18. The molecule has 0 aliphatic rings. The summed E-state index contributed by atoms with van der Waals surface area (Å²) >= 11 is 0. The Bertz CT molecular complexity index is 774. The van der Waals surface area contributed by atoms with Crippen molar-refractivity contribution in [2.24, 2.45) is 7.05 Å². The van der Waals surface area contributed by atoms with Crippen molar-refractivity contribution in [1.82, 2.24) is 9.55 Å². The molecular formula is C14H17N2O3P. The van der Waals surface area contributed by atoms with Crippen LogP contribution in [-0.2, 0) is 11.6 Å². The van der Waals surface area contributed by atoms with E-state index in [1.54, 1.807) is 38.6 Å². The molecule has 0 atom stereocenters. The van der Waals surface area contributed by atoms with Crippen LogP contribution in [0.15, 0.2) is 29.1 Å². The number of Topliss-reactive ketones (excluding diaryl/α,β-unsaturated/α-hetero) is 1. The fourth-order valence-electron chi connectivity index (χ4n) is 1.95. The highest BCUT2D eigenvalue weighted by Crippen LogP contribution is 2.36. The molecule has 0 unspecified atom stereocenters. The number of para-hydroxylation sites is 2. The zero-order valence-corrected chi connectivity index (χ0v) is 12.7. The Morgan fingerprint density at radius 1 is 1.30 bits per heavy atom. The van der Waals surface area contributed by atoms with Gasteiger partial charge in [0.05, 0.1) is 18.2 Å². The number of aryl methyl sites for hydroxylation is 1. The van der Waals surface area contributed by atoms with Crippen LogP contribution in [0.25, 0.3) is 11.0 Å². The van der Waals surface area contributed by atoms with Gasteiger partial charge in [0.25, 0.3) is 5.56 Å². The summed E-state index contributed by atoms with van der Waals surface area (Å²) in [5.41, 5.74) is 0.815. The molecule has 0 saturated heterocycles. The quantitative estimate of drug-likeness (QED) is 0.639. The molecule has 0 saturated carbocycles. The number of nitrogens with zero attached hydrogens (tertiary/aromatic N) is 2. The number of hydrogen-bond acceptors (Lipinski definition) is 4. The van der Waals surface area contributed by atoms with Gasteiger partial charge in [-0.05, 0) is 25.5 Å². The second kappa shape index (κ2) is 5.33. The summed E-state index contributed by atoms with van der Waals surface area (Å²) < 4.78 is 13.1. The van der Waals surface area contributed by atoms with Gasteiger partial charge < -0.3 is 9.13 Å². The van der Waals surface area contributed by atoms with E-state index >= 15 is 0 Å². The molecule has 106 valence electrons. The third-order valence-electron chi connectivity index (χ3n) is 3.12. The van der Waals surface area contributed by atoms with Crippen LogP contribution >= 0.6 is 7.14 Å². The van der Waals surface area contributed by atoms with Gasteiger partial charge in [-0.2, -0.15) is 0 Å². The maximum absolute atomic E-state index is 12.2. The van der Waals surface area contributed by atoms with Crippen LogP contribution in [0.4, 0.5) is 0 Å². The number of carbonyl (C=O) groups excluding carboxylic acids is 1. The minimum atomic E-state index is -2.27. The summed E-state index contributed by atoms with van der Waals surface area (Å²) in [7, 11) is -0.654. The van der Waals surface area contributed by atoms with E-state index in [4.69, 9.17) is 0 Å². The number of rotatable bonds is 4. The number of hydrogen-bond donors (Lipinski definition) is 0. The minimum absolute atomic E-state index is 0.0698. The van der Waals surface area contributed by atoms with Gasteiger partial charge in [0.15, 0.2) is 11.5 Å². The van der Waals surface area contributed by atoms with Gasteiger partial charge in [-0.25, -0.2) is 4.98 Å². The number of benzene rings is 1. The van der Waals surface area contributed by atoms with Crippen LogP contribution in [0.3, 0.4) is 0 Å². The minimum Gasteiger partial charge on any atom is -0.324 e. The van der Waals surface area contributed by atoms with E-state index in [0.29, 0.717) is 17.2 Å². The molecule has 6 heteroatoms. The van der Waals surface area contributed by atoms with Crippen LogP contribution < -0.4 is 5.56 Å². The smallest absolute Gasteiger partial charge is 0.280 e. The monoisotopic (exact) mass is 292 g/mol. The molecule has 0 N–H and O–H groups in total. The van der Waals surface area contributed by atoms with E-state index in [-0.39, 0.29) is 17.9 Å². The Morgan fingerprint density at radius 2 is 1.95 bits per heavy atom. The van der Waals surface area contributed by atoms with E-state index in [1.807, 2.05) is 6.07 Å². The molecule has 0 radical (unpaired) electrons. The van der Waals surface area contributed by atoms with Crippen molar-refractivity contribution in [3.05, 3.63) is 40.3 Å². The molecule has 0 bridgehead atoms. The van der Waals surface area contributed by atoms with Crippen molar-refractivity contribution >= 4 is 24.0 Å². The van der Waals surface area contributed by atoms with Gasteiger partial charge in [-0.1, -0.05) is 12.1 Å². The topological polar surface area (TPSA) is 69.0 Å². The van der Waals surface area contributed by atoms with Gasteiger partial charge in [0.1, 0.15) is 0 Å². The first-order valence-electron chi connectivity index (χ1n) is 6.32. The average Bonchev–Trinajstić information content (AvgIpc) is 2.39. The lowest BCUT2D eigenvalue weighted by Crippen LogP contribution is -2.26. The zero-order chi connectivity index (χ0) is 14.9. The van der Waals surface area contributed by atoms with Crippen molar-refractivity contribution in [2.75, 3.05) is 19.5 Å². The second-order valence-corrected chi connectivity index (χ2v) is 8.88. The Kier molecular flexibility index (Phi) is 3.91. The fourth-order valence-corrected chi connectivity index (χ4v) is 2.69. The molecule has 1 heterocycles. The summed E-state index contributed by atoms with van der Waals surface area (Å²) in [5.74, 6) is -0.347. The molecule has 1 aromatic carbocycles. The standard InChI is InChI=1S/C14H17N2O3P/c1-16-11-7-5-4-6-10(11)15-13(14(16)18)12(17)8-9-20(2,3)19/h4-7H,8-9H2,1-3H3. The van der Waals surface area contributed by atoms with Crippen molar-refractivity contribution < 1.29 is 9.36 Å².